The normalized spacial score (nSPS) is 11.8. The van der Waals surface area contributed by atoms with Crippen LogP contribution in [0, 0.1) is 12.7 Å². The van der Waals surface area contributed by atoms with E-state index in [0.717, 1.165) is 9.87 Å². The summed E-state index contributed by atoms with van der Waals surface area (Å²) in [5.74, 6) is -1.07. The Kier molecular flexibility index (Phi) is 10.1. The zero-order valence-electron chi connectivity index (χ0n) is 23.2. The van der Waals surface area contributed by atoms with E-state index in [2.05, 4.69) is 5.32 Å². The fourth-order valence-electron chi connectivity index (χ4n) is 4.06. The van der Waals surface area contributed by atoms with Crippen LogP contribution in [-0.2, 0) is 26.2 Å². The van der Waals surface area contributed by atoms with E-state index >= 15 is 0 Å². The molecule has 3 aromatic rings. The molecular formula is C29H34FN3O6S. The molecule has 2 amide bonds. The fourth-order valence-corrected chi connectivity index (χ4v) is 5.47. The Balaban J connectivity index is 2.10. The lowest BCUT2D eigenvalue weighted by Gasteiger charge is -2.32. The highest BCUT2D eigenvalue weighted by atomic mass is 32.2. The van der Waals surface area contributed by atoms with Gasteiger partial charge >= 0.3 is 0 Å². The zero-order valence-corrected chi connectivity index (χ0v) is 24.0. The number of methoxy groups -OCH3 is 2. The summed E-state index contributed by atoms with van der Waals surface area (Å²) in [4.78, 5) is 27.8. The van der Waals surface area contributed by atoms with Gasteiger partial charge in [-0.3, -0.25) is 13.9 Å². The molecule has 3 aromatic carbocycles. The third-order valence-corrected chi connectivity index (χ3v) is 8.15. The van der Waals surface area contributed by atoms with Crippen LogP contribution in [0.4, 0.5) is 10.1 Å². The molecular weight excluding hydrogens is 537 g/mol. The number of nitrogens with one attached hydrogen (secondary N) is 1. The van der Waals surface area contributed by atoms with Crippen molar-refractivity contribution in [3.63, 3.8) is 0 Å². The van der Waals surface area contributed by atoms with Gasteiger partial charge in [0.2, 0.25) is 11.8 Å². The third kappa shape index (κ3) is 6.90. The Morgan fingerprint density at radius 2 is 1.62 bits per heavy atom. The molecule has 0 aliphatic carbocycles. The van der Waals surface area contributed by atoms with E-state index in [1.54, 1.807) is 25.1 Å². The molecule has 0 unspecified atom stereocenters. The predicted molar refractivity (Wildman–Crippen MR) is 150 cm³/mol. The van der Waals surface area contributed by atoms with E-state index in [9.17, 15) is 22.4 Å². The van der Waals surface area contributed by atoms with Crippen molar-refractivity contribution in [3.8, 4) is 11.5 Å². The number of benzene rings is 3. The van der Waals surface area contributed by atoms with Gasteiger partial charge in [-0.2, -0.15) is 0 Å². The molecule has 0 aliphatic heterocycles. The molecule has 0 radical (unpaired) electrons. The van der Waals surface area contributed by atoms with Crippen LogP contribution in [0.5, 0.6) is 11.5 Å². The molecule has 0 heterocycles. The second-order valence-electron chi connectivity index (χ2n) is 9.05. The molecule has 0 saturated heterocycles. The number of amides is 2. The van der Waals surface area contributed by atoms with Crippen molar-refractivity contribution in [1.82, 2.24) is 10.2 Å². The molecule has 214 valence electrons. The summed E-state index contributed by atoms with van der Waals surface area (Å²) in [6, 6.07) is 15.6. The fraction of sp³-hybridized carbons (Fsp3) is 0.310. The van der Waals surface area contributed by atoms with Crippen LogP contribution in [0.3, 0.4) is 0 Å². The maximum Gasteiger partial charge on any atom is 0.264 e. The number of sulfonamides is 1. The minimum absolute atomic E-state index is 0.0295. The molecule has 0 fully saturated rings. The summed E-state index contributed by atoms with van der Waals surface area (Å²) in [5, 5.41) is 2.67. The second kappa shape index (κ2) is 13.3. The third-order valence-electron chi connectivity index (χ3n) is 6.36. The standard InChI is InChI=1S/C29H34FN3O6S/c1-6-31-29(35)21(3)32(18-22-9-7-8-10-25(22)30)28(34)19-33(23-13-16-26(38-4)27(17-23)39-5)40(36,37)24-14-11-20(2)12-15-24/h7-17,21H,6,18-19H2,1-5H3,(H,31,35)/t21-/m1/s1. The second-order valence-corrected chi connectivity index (χ2v) is 10.9. The molecule has 0 saturated carbocycles. The lowest BCUT2D eigenvalue weighted by Crippen LogP contribution is -2.51. The van der Waals surface area contributed by atoms with Crippen LogP contribution in [-0.4, -0.2) is 58.5 Å². The lowest BCUT2D eigenvalue weighted by molar-refractivity contribution is -0.139. The van der Waals surface area contributed by atoms with Crippen molar-refractivity contribution in [3.05, 3.63) is 83.7 Å². The van der Waals surface area contributed by atoms with Crippen LogP contribution in [0.1, 0.15) is 25.0 Å². The van der Waals surface area contributed by atoms with Gasteiger partial charge in [-0.25, -0.2) is 12.8 Å². The first-order valence-electron chi connectivity index (χ1n) is 12.7. The van der Waals surface area contributed by atoms with E-state index in [0.29, 0.717) is 12.3 Å². The molecule has 1 atom stereocenters. The van der Waals surface area contributed by atoms with Crippen molar-refractivity contribution in [2.75, 3.05) is 31.6 Å². The van der Waals surface area contributed by atoms with Gasteiger partial charge < -0.3 is 19.7 Å². The lowest BCUT2D eigenvalue weighted by atomic mass is 10.1. The summed E-state index contributed by atoms with van der Waals surface area (Å²) >= 11 is 0. The number of likely N-dealkylation sites (N-methyl/N-ethyl adjacent to an activating group) is 1. The minimum Gasteiger partial charge on any atom is -0.493 e. The topological polar surface area (TPSA) is 105 Å². The first kappa shape index (κ1) is 30.4. The van der Waals surface area contributed by atoms with Crippen molar-refractivity contribution in [2.45, 2.75) is 38.3 Å². The number of anilines is 1. The van der Waals surface area contributed by atoms with Crippen molar-refractivity contribution in [1.29, 1.82) is 0 Å². The van der Waals surface area contributed by atoms with Gasteiger partial charge in [0.25, 0.3) is 10.0 Å². The van der Waals surface area contributed by atoms with Gasteiger partial charge in [-0.1, -0.05) is 35.9 Å². The number of ether oxygens (including phenoxy) is 2. The van der Waals surface area contributed by atoms with Gasteiger partial charge in [0, 0.05) is 24.7 Å². The van der Waals surface area contributed by atoms with Gasteiger partial charge in [-0.15, -0.1) is 0 Å². The van der Waals surface area contributed by atoms with Crippen LogP contribution in [0.25, 0.3) is 0 Å². The Hall–Kier alpha value is -4.12. The Morgan fingerprint density at radius 3 is 2.23 bits per heavy atom. The summed E-state index contributed by atoms with van der Waals surface area (Å²) in [5.41, 5.74) is 1.19. The van der Waals surface area contributed by atoms with Crippen molar-refractivity contribution < 1.29 is 31.9 Å². The van der Waals surface area contributed by atoms with Crippen LogP contribution >= 0.6 is 0 Å². The molecule has 0 spiro atoms. The number of carbonyl (C=O) groups excluding carboxylic acids is 2. The average molecular weight is 572 g/mol. The van der Waals surface area contributed by atoms with Gasteiger partial charge in [0.05, 0.1) is 24.8 Å². The zero-order chi connectivity index (χ0) is 29.4. The molecule has 11 heteroatoms. The first-order valence-corrected chi connectivity index (χ1v) is 14.1. The number of hydrogen-bond donors (Lipinski definition) is 1. The highest BCUT2D eigenvalue weighted by Gasteiger charge is 2.33. The molecule has 3 rings (SSSR count). The molecule has 0 aliphatic rings. The van der Waals surface area contributed by atoms with Gasteiger partial charge in [0.15, 0.2) is 11.5 Å². The predicted octanol–water partition coefficient (Wildman–Crippen LogP) is 3.90. The Labute approximate surface area is 234 Å². The monoisotopic (exact) mass is 571 g/mol. The van der Waals surface area contributed by atoms with E-state index in [1.807, 2.05) is 6.92 Å². The van der Waals surface area contributed by atoms with Crippen LogP contribution in [0.15, 0.2) is 71.6 Å². The highest BCUT2D eigenvalue weighted by Crippen LogP contribution is 2.34. The molecule has 0 aromatic heterocycles. The van der Waals surface area contributed by atoms with E-state index in [4.69, 9.17) is 9.47 Å². The maximum atomic E-state index is 14.6. The molecule has 1 N–H and O–H groups in total. The summed E-state index contributed by atoms with van der Waals surface area (Å²) in [6.45, 7) is 4.50. The van der Waals surface area contributed by atoms with Gasteiger partial charge in [-0.05, 0) is 51.1 Å². The van der Waals surface area contributed by atoms with E-state index in [1.165, 1.54) is 74.6 Å². The van der Waals surface area contributed by atoms with Crippen LogP contribution < -0.4 is 19.1 Å². The number of carbonyl (C=O) groups is 2. The summed E-state index contributed by atoms with van der Waals surface area (Å²) in [7, 11) is -1.40. The Morgan fingerprint density at radius 1 is 0.975 bits per heavy atom. The summed E-state index contributed by atoms with van der Waals surface area (Å²) < 4.78 is 54.0. The molecule has 0 bridgehead atoms. The van der Waals surface area contributed by atoms with Gasteiger partial charge in [0.1, 0.15) is 18.4 Å². The van der Waals surface area contributed by atoms with Crippen LogP contribution in [0.2, 0.25) is 0 Å². The van der Waals surface area contributed by atoms with E-state index < -0.39 is 40.2 Å². The van der Waals surface area contributed by atoms with Crippen molar-refractivity contribution >= 4 is 27.5 Å². The number of nitrogens with zero attached hydrogens (tertiary/aromatic N) is 2. The summed E-state index contributed by atoms with van der Waals surface area (Å²) in [6.07, 6.45) is 0. The molecule has 40 heavy (non-hydrogen) atoms. The highest BCUT2D eigenvalue weighted by molar-refractivity contribution is 7.92. The number of aryl methyl sites for hydroxylation is 1. The van der Waals surface area contributed by atoms with Crippen molar-refractivity contribution in [2.24, 2.45) is 0 Å². The number of hydrogen-bond acceptors (Lipinski definition) is 6. The largest absolute Gasteiger partial charge is 0.493 e. The first-order chi connectivity index (χ1) is 19.0. The smallest absolute Gasteiger partial charge is 0.264 e. The quantitative estimate of drug-likeness (QED) is 0.354. The SMILES string of the molecule is CCNC(=O)[C@@H](C)N(Cc1ccccc1F)C(=O)CN(c1ccc(OC)c(OC)c1)S(=O)(=O)c1ccc(C)cc1. The number of halogens is 1. The Bertz CT molecular complexity index is 1450. The minimum atomic E-state index is -4.27. The average Bonchev–Trinajstić information content (AvgIpc) is 2.94. The number of rotatable bonds is 12. The van der Waals surface area contributed by atoms with E-state index in [-0.39, 0.29) is 28.4 Å². The molecule has 9 nitrogen and oxygen atoms in total. The maximum absolute atomic E-state index is 14.6.